The summed E-state index contributed by atoms with van der Waals surface area (Å²) in [5, 5.41) is 13.0. The first kappa shape index (κ1) is 13.6. The van der Waals surface area contributed by atoms with E-state index in [-0.39, 0.29) is 5.91 Å². The predicted octanol–water partition coefficient (Wildman–Crippen LogP) is 1.87. The Hall–Kier alpha value is -1.40. The van der Waals surface area contributed by atoms with Gasteiger partial charge in [0, 0.05) is 12.6 Å². The van der Waals surface area contributed by atoms with Gasteiger partial charge in [0.15, 0.2) is 6.10 Å². The van der Waals surface area contributed by atoms with E-state index in [1.807, 2.05) is 21.7 Å². The quantitative estimate of drug-likeness (QED) is 0.900. The summed E-state index contributed by atoms with van der Waals surface area (Å²) >= 11 is 1.62. The summed E-state index contributed by atoms with van der Waals surface area (Å²) in [6.07, 6.45) is 1.57. The van der Waals surface area contributed by atoms with Crippen LogP contribution in [-0.2, 0) is 20.9 Å². The molecule has 1 N–H and O–H groups in total. The first-order chi connectivity index (χ1) is 9.65. The van der Waals surface area contributed by atoms with Gasteiger partial charge in [0.05, 0.1) is 0 Å². The van der Waals surface area contributed by atoms with Gasteiger partial charge < -0.3 is 14.7 Å². The van der Waals surface area contributed by atoms with Crippen LogP contribution in [0.15, 0.2) is 16.8 Å². The number of carboxylic acid groups (broad SMARTS) is 1. The van der Waals surface area contributed by atoms with Crippen LogP contribution in [0.3, 0.4) is 0 Å². The molecule has 0 bridgehead atoms. The predicted molar refractivity (Wildman–Crippen MR) is 73.4 cm³/mol. The lowest BCUT2D eigenvalue weighted by Gasteiger charge is -2.25. The fraction of sp³-hybridized carbons (Fsp3) is 0.571. The monoisotopic (exact) mass is 295 g/mol. The average Bonchev–Trinajstić information content (AvgIpc) is 2.95. The molecule has 6 heteroatoms. The summed E-state index contributed by atoms with van der Waals surface area (Å²) in [5.41, 5.74) is 1.13. The summed E-state index contributed by atoms with van der Waals surface area (Å²) in [6, 6.07) is 2.32. The second-order valence-corrected chi connectivity index (χ2v) is 6.14. The van der Waals surface area contributed by atoms with Gasteiger partial charge in [0.2, 0.25) is 0 Å². The maximum Gasteiger partial charge on any atom is 0.332 e. The van der Waals surface area contributed by atoms with Gasteiger partial charge in [-0.15, -0.1) is 0 Å². The molecule has 2 unspecified atom stereocenters. The Morgan fingerprint density at radius 3 is 2.60 bits per heavy atom. The Bertz CT molecular complexity index is 497. The number of carbonyl (C=O) groups excluding carboxylic acids is 1. The number of amides is 1. The SMILES string of the molecule is O=C(O)C1CCC(C(=O)N(Cc2ccsc2)C2CC2)O1. The molecule has 2 atom stereocenters. The van der Waals surface area contributed by atoms with Gasteiger partial charge in [-0.3, -0.25) is 4.79 Å². The van der Waals surface area contributed by atoms with E-state index in [2.05, 4.69) is 0 Å². The van der Waals surface area contributed by atoms with E-state index in [1.165, 1.54) is 0 Å². The molecule has 1 aliphatic carbocycles. The van der Waals surface area contributed by atoms with Crippen LogP contribution in [0.5, 0.6) is 0 Å². The number of ether oxygens (including phenoxy) is 1. The second-order valence-electron chi connectivity index (χ2n) is 5.36. The molecule has 2 fully saturated rings. The smallest absolute Gasteiger partial charge is 0.332 e. The van der Waals surface area contributed by atoms with Crippen molar-refractivity contribution in [3.8, 4) is 0 Å². The van der Waals surface area contributed by atoms with Crippen LogP contribution in [-0.4, -0.2) is 40.1 Å². The number of carboxylic acids is 1. The van der Waals surface area contributed by atoms with E-state index in [4.69, 9.17) is 9.84 Å². The van der Waals surface area contributed by atoms with Crippen LogP contribution in [0.25, 0.3) is 0 Å². The highest BCUT2D eigenvalue weighted by molar-refractivity contribution is 7.07. The third-order valence-electron chi connectivity index (χ3n) is 3.77. The maximum absolute atomic E-state index is 12.5. The van der Waals surface area contributed by atoms with E-state index in [0.29, 0.717) is 25.4 Å². The fourth-order valence-electron chi connectivity index (χ4n) is 2.54. The van der Waals surface area contributed by atoms with Crippen molar-refractivity contribution >= 4 is 23.2 Å². The molecule has 108 valence electrons. The van der Waals surface area contributed by atoms with Gasteiger partial charge in [-0.25, -0.2) is 4.79 Å². The second kappa shape index (κ2) is 5.54. The van der Waals surface area contributed by atoms with E-state index < -0.39 is 18.2 Å². The largest absolute Gasteiger partial charge is 0.479 e. The lowest BCUT2D eigenvalue weighted by atomic mass is 10.1. The van der Waals surface area contributed by atoms with Gasteiger partial charge in [-0.05, 0) is 48.1 Å². The van der Waals surface area contributed by atoms with Gasteiger partial charge in [-0.2, -0.15) is 11.3 Å². The summed E-state index contributed by atoms with van der Waals surface area (Å²) in [4.78, 5) is 25.3. The van der Waals surface area contributed by atoms with Crippen LogP contribution >= 0.6 is 11.3 Å². The van der Waals surface area contributed by atoms with Crippen LogP contribution in [0.4, 0.5) is 0 Å². The molecular formula is C14H17NO4S. The molecule has 3 rings (SSSR count). The molecule has 5 nitrogen and oxygen atoms in total. The number of thiophene rings is 1. The molecule has 0 spiro atoms. The van der Waals surface area contributed by atoms with Gasteiger partial charge in [0.1, 0.15) is 6.10 Å². The third-order valence-corrected chi connectivity index (χ3v) is 4.51. The molecular weight excluding hydrogens is 278 g/mol. The summed E-state index contributed by atoms with van der Waals surface area (Å²) in [7, 11) is 0. The first-order valence-electron chi connectivity index (χ1n) is 6.85. The molecule has 2 aliphatic rings. The zero-order valence-electron chi connectivity index (χ0n) is 11.0. The number of hydrogen-bond acceptors (Lipinski definition) is 4. The summed E-state index contributed by atoms with van der Waals surface area (Å²) < 4.78 is 5.37. The van der Waals surface area contributed by atoms with Crippen molar-refractivity contribution in [1.29, 1.82) is 0 Å². The van der Waals surface area contributed by atoms with E-state index in [1.54, 1.807) is 11.3 Å². The van der Waals surface area contributed by atoms with Gasteiger partial charge in [0.25, 0.3) is 5.91 Å². The minimum absolute atomic E-state index is 0.0533. The molecule has 1 saturated heterocycles. The van der Waals surface area contributed by atoms with E-state index in [0.717, 1.165) is 18.4 Å². The average molecular weight is 295 g/mol. The number of carbonyl (C=O) groups is 2. The molecule has 0 radical (unpaired) electrons. The Kier molecular flexibility index (Phi) is 3.76. The highest BCUT2D eigenvalue weighted by atomic mass is 32.1. The Morgan fingerprint density at radius 2 is 2.05 bits per heavy atom. The van der Waals surface area contributed by atoms with Crippen molar-refractivity contribution in [2.45, 2.75) is 50.5 Å². The minimum atomic E-state index is -0.976. The fourth-order valence-corrected chi connectivity index (χ4v) is 3.20. The van der Waals surface area contributed by atoms with Crippen molar-refractivity contribution in [2.75, 3.05) is 0 Å². The number of aliphatic carboxylic acids is 1. The topological polar surface area (TPSA) is 66.8 Å². The van der Waals surface area contributed by atoms with Crippen molar-refractivity contribution in [1.82, 2.24) is 4.90 Å². The Balaban J connectivity index is 1.65. The standard InChI is InChI=1S/C14H17NO4S/c16-13(11-3-4-12(19-11)14(17)18)15(10-1-2-10)7-9-5-6-20-8-9/h5-6,8,10-12H,1-4,7H2,(H,17,18). The lowest BCUT2D eigenvalue weighted by molar-refractivity contribution is -0.155. The van der Waals surface area contributed by atoms with Crippen LogP contribution < -0.4 is 0 Å². The minimum Gasteiger partial charge on any atom is -0.479 e. The van der Waals surface area contributed by atoms with Gasteiger partial charge in [-0.1, -0.05) is 0 Å². The zero-order valence-corrected chi connectivity index (χ0v) is 11.8. The molecule has 2 heterocycles. The van der Waals surface area contributed by atoms with E-state index in [9.17, 15) is 9.59 Å². The van der Waals surface area contributed by atoms with Crippen molar-refractivity contribution in [3.05, 3.63) is 22.4 Å². The molecule has 1 aromatic heterocycles. The third kappa shape index (κ3) is 2.86. The number of hydrogen-bond donors (Lipinski definition) is 1. The molecule has 1 amide bonds. The highest BCUT2D eigenvalue weighted by Gasteiger charge is 2.41. The Morgan fingerprint density at radius 1 is 1.30 bits per heavy atom. The summed E-state index contributed by atoms with van der Waals surface area (Å²) in [6.45, 7) is 0.602. The Labute approximate surface area is 121 Å². The molecule has 1 aliphatic heterocycles. The normalized spacial score (nSPS) is 25.6. The van der Waals surface area contributed by atoms with E-state index >= 15 is 0 Å². The van der Waals surface area contributed by atoms with Gasteiger partial charge >= 0.3 is 5.97 Å². The lowest BCUT2D eigenvalue weighted by Crippen LogP contribution is -2.40. The van der Waals surface area contributed by atoms with Crippen LogP contribution in [0.1, 0.15) is 31.2 Å². The molecule has 0 aromatic carbocycles. The zero-order chi connectivity index (χ0) is 14.1. The molecule has 1 aromatic rings. The number of nitrogens with zero attached hydrogens (tertiary/aromatic N) is 1. The van der Waals surface area contributed by atoms with Crippen LogP contribution in [0, 0.1) is 0 Å². The number of rotatable bonds is 5. The highest BCUT2D eigenvalue weighted by Crippen LogP contribution is 2.31. The van der Waals surface area contributed by atoms with Crippen LogP contribution in [0.2, 0.25) is 0 Å². The van der Waals surface area contributed by atoms with Crippen molar-refractivity contribution in [3.63, 3.8) is 0 Å². The van der Waals surface area contributed by atoms with Crippen molar-refractivity contribution < 1.29 is 19.4 Å². The first-order valence-corrected chi connectivity index (χ1v) is 7.79. The van der Waals surface area contributed by atoms with Crippen molar-refractivity contribution in [2.24, 2.45) is 0 Å². The molecule has 1 saturated carbocycles. The maximum atomic E-state index is 12.5. The molecule has 20 heavy (non-hydrogen) atoms. The summed E-state index contributed by atoms with van der Waals surface area (Å²) in [5.74, 6) is -1.03.